The van der Waals surface area contributed by atoms with Gasteiger partial charge in [0.05, 0.1) is 6.54 Å². The van der Waals surface area contributed by atoms with Crippen LogP contribution in [0.5, 0.6) is 0 Å². The molecule has 1 aliphatic rings. The molecule has 1 aliphatic heterocycles. The van der Waals surface area contributed by atoms with Gasteiger partial charge in [0.15, 0.2) is 0 Å². The van der Waals surface area contributed by atoms with Gasteiger partial charge in [-0.3, -0.25) is 4.79 Å². The fourth-order valence-electron chi connectivity index (χ4n) is 2.22. The Morgan fingerprint density at radius 2 is 2.21 bits per heavy atom. The van der Waals surface area contributed by atoms with Gasteiger partial charge in [-0.05, 0) is 30.4 Å². The molecule has 2 heterocycles. The Bertz CT molecular complexity index is 410. The zero-order valence-corrected chi connectivity index (χ0v) is 11.4. The van der Waals surface area contributed by atoms with Gasteiger partial charge in [-0.2, -0.15) is 0 Å². The first-order chi connectivity index (χ1) is 9.19. The molecule has 0 radical (unpaired) electrons. The number of carbonyl (C=O) groups is 1. The third kappa shape index (κ3) is 3.92. The summed E-state index contributed by atoms with van der Waals surface area (Å²) in [4.78, 5) is 17.9. The normalized spacial score (nSPS) is 16.4. The minimum absolute atomic E-state index is 0.0253. The van der Waals surface area contributed by atoms with Gasteiger partial charge in [-0.15, -0.1) is 0 Å². The number of piperidine rings is 1. The highest BCUT2D eigenvalue weighted by molar-refractivity contribution is 5.77. The minimum Gasteiger partial charge on any atom is -0.357 e. The molecule has 1 amide bonds. The van der Waals surface area contributed by atoms with Gasteiger partial charge in [0, 0.05) is 25.8 Å². The Kier molecular flexibility index (Phi) is 4.74. The van der Waals surface area contributed by atoms with Crippen molar-refractivity contribution in [3.05, 3.63) is 23.9 Å². The molecular formula is C14H22N4O. The Morgan fingerprint density at radius 3 is 2.79 bits per heavy atom. The molecule has 104 valence electrons. The topological polar surface area (TPSA) is 71.2 Å². The number of nitrogens with two attached hydrogens (primary N) is 1. The van der Waals surface area contributed by atoms with Crippen LogP contribution in [0.15, 0.2) is 18.3 Å². The maximum Gasteiger partial charge on any atom is 0.234 e. The molecule has 0 atom stereocenters. The molecule has 0 spiro atoms. The van der Waals surface area contributed by atoms with Crippen LogP contribution >= 0.6 is 0 Å². The minimum atomic E-state index is -0.144. The predicted octanol–water partition coefficient (Wildman–Crippen LogP) is 0.893. The number of hydrogen-bond acceptors (Lipinski definition) is 4. The van der Waals surface area contributed by atoms with E-state index in [0.717, 1.165) is 30.4 Å². The Balaban J connectivity index is 1.89. The summed E-state index contributed by atoms with van der Waals surface area (Å²) in [5.74, 6) is 1.71. The fourth-order valence-corrected chi connectivity index (χ4v) is 2.22. The molecule has 1 saturated heterocycles. The summed E-state index contributed by atoms with van der Waals surface area (Å²) in [6, 6.07) is 4.04. The first-order valence-electron chi connectivity index (χ1n) is 6.85. The molecule has 5 heteroatoms. The van der Waals surface area contributed by atoms with E-state index in [9.17, 15) is 4.79 Å². The van der Waals surface area contributed by atoms with Crippen molar-refractivity contribution in [1.82, 2.24) is 10.3 Å². The number of aromatic nitrogens is 1. The predicted molar refractivity (Wildman–Crippen MR) is 75.7 cm³/mol. The van der Waals surface area contributed by atoms with E-state index in [1.54, 1.807) is 0 Å². The summed E-state index contributed by atoms with van der Waals surface area (Å²) < 4.78 is 0. The number of hydrogen-bond donors (Lipinski definition) is 2. The monoisotopic (exact) mass is 262 g/mol. The smallest absolute Gasteiger partial charge is 0.234 e. The molecule has 1 fully saturated rings. The van der Waals surface area contributed by atoms with Crippen molar-refractivity contribution in [1.29, 1.82) is 0 Å². The summed E-state index contributed by atoms with van der Waals surface area (Å²) in [7, 11) is 0. The van der Waals surface area contributed by atoms with Crippen LogP contribution < -0.4 is 16.0 Å². The second-order valence-electron chi connectivity index (χ2n) is 5.18. The third-order valence-corrected chi connectivity index (χ3v) is 3.59. The van der Waals surface area contributed by atoms with Gasteiger partial charge in [0.25, 0.3) is 0 Å². The summed E-state index contributed by atoms with van der Waals surface area (Å²) in [5, 5.41) is 2.74. The highest BCUT2D eigenvalue weighted by Crippen LogP contribution is 2.21. The number of nitrogens with zero attached hydrogens (tertiary/aromatic N) is 2. The van der Waals surface area contributed by atoms with E-state index in [1.807, 2.05) is 18.3 Å². The van der Waals surface area contributed by atoms with Crippen molar-refractivity contribution in [2.24, 2.45) is 11.7 Å². The maximum absolute atomic E-state index is 11.1. The van der Waals surface area contributed by atoms with E-state index >= 15 is 0 Å². The number of pyridine rings is 1. The van der Waals surface area contributed by atoms with E-state index < -0.39 is 0 Å². The van der Waals surface area contributed by atoms with E-state index in [-0.39, 0.29) is 12.5 Å². The van der Waals surface area contributed by atoms with Gasteiger partial charge < -0.3 is 16.0 Å². The van der Waals surface area contributed by atoms with Crippen LogP contribution in [-0.4, -0.2) is 30.5 Å². The van der Waals surface area contributed by atoms with Gasteiger partial charge in [0.1, 0.15) is 5.82 Å². The molecule has 5 nitrogen and oxygen atoms in total. The van der Waals surface area contributed by atoms with Crippen LogP contribution in [-0.2, 0) is 11.3 Å². The lowest BCUT2D eigenvalue weighted by molar-refractivity contribution is -0.119. The van der Waals surface area contributed by atoms with Gasteiger partial charge in [0.2, 0.25) is 5.91 Å². The number of anilines is 1. The zero-order valence-electron chi connectivity index (χ0n) is 11.4. The molecule has 3 N–H and O–H groups in total. The molecule has 0 bridgehead atoms. The first-order valence-corrected chi connectivity index (χ1v) is 6.85. The number of nitrogens with one attached hydrogen (secondary N) is 1. The van der Waals surface area contributed by atoms with Crippen LogP contribution in [0.1, 0.15) is 25.3 Å². The zero-order chi connectivity index (χ0) is 13.7. The standard InChI is InChI=1S/C14H22N4O/c1-11-4-6-18(7-5-11)13-3-2-12(9-16-13)10-17-14(19)8-15/h2-3,9,11H,4-8,10,15H2,1H3,(H,17,19). The lowest BCUT2D eigenvalue weighted by Crippen LogP contribution is -2.33. The average Bonchev–Trinajstić information content (AvgIpc) is 2.46. The fraction of sp³-hybridized carbons (Fsp3) is 0.571. The highest BCUT2D eigenvalue weighted by atomic mass is 16.1. The van der Waals surface area contributed by atoms with Crippen molar-refractivity contribution in [2.45, 2.75) is 26.3 Å². The maximum atomic E-state index is 11.1. The number of amides is 1. The van der Waals surface area contributed by atoms with Crippen LogP contribution in [0.4, 0.5) is 5.82 Å². The van der Waals surface area contributed by atoms with E-state index in [2.05, 4.69) is 22.1 Å². The largest absolute Gasteiger partial charge is 0.357 e. The molecule has 0 aromatic carbocycles. The lowest BCUT2D eigenvalue weighted by atomic mass is 9.99. The summed E-state index contributed by atoms with van der Waals surface area (Å²) in [6.45, 7) is 4.97. The third-order valence-electron chi connectivity index (χ3n) is 3.59. The summed E-state index contributed by atoms with van der Waals surface area (Å²) in [5.41, 5.74) is 6.23. The van der Waals surface area contributed by atoms with Crippen molar-refractivity contribution < 1.29 is 4.79 Å². The molecule has 1 aromatic rings. The highest BCUT2D eigenvalue weighted by Gasteiger charge is 2.16. The summed E-state index contributed by atoms with van der Waals surface area (Å²) in [6.07, 6.45) is 4.29. The number of carbonyl (C=O) groups excluding carboxylic acids is 1. The van der Waals surface area contributed by atoms with Crippen molar-refractivity contribution in [3.63, 3.8) is 0 Å². The quantitative estimate of drug-likeness (QED) is 0.845. The molecule has 1 aromatic heterocycles. The Hall–Kier alpha value is -1.62. The van der Waals surface area contributed by atoms with E-state index in [0.29, 0.717) is 6.54 Å². The molecule has 0 saturated carbocycles. The van der Waals surface area contributed by atoms with Crippen LogP contribution in [0.25, 0.3) is 0 Å². The molecule has 19 heavy (non-hydrogen) atoms. The lowest BCUT2D eigenvalue weighted by Gasteiger charge is -2.31. The average molecular weight is 262 g/mol. The SMILES string of the molecule is CC1CCN(c2ccc(CNC(=O)CN)cn2)CC1. The summed E-state index contributed by atoms with van der Waals surface area (Å²) >= 11 is 0. The second kappa shape index (κ2) is 6.52. The van der Waals surface area contributed by atoms with Crippen LogP contribution in [0, 0.1) is 5.92 Å². The first kappa shape index (κ1) is 13.8. The van der Waals surface area contributed by atoms with E-state index in [4.69, 9.17) is 5.73 Å². The Labute approximate surface area is 114 Å². The molecule has 0 unspecified atom stereocenters. The second-order valence-corrected chi connectivity index (χ2v) is 5.18. The van der Waals surface area contributed by atoms with Gasteiger partial charge >= 0.3 is 0 Å². The van der Waals surface area contributed by atoms with Gasteiger partial charge in [-0.1, -0.05) is 13.0 Å². The number of rotatable bonds is 4. The van der Waals surface area contributed by atoms with Gasteiger partial charge in [-0.25, -0.2) is 4.98 Å². The molecule has 2 rings (SSSR count). The van der Waals surface area contributed by atoms with E-state index in [1.165, 1.54) is 12.8 Å². The van der Waals surface area contributed by atoms with Crippen molar-refractivity contribution >= 4 is 11.7 Å². The van der Waals surface area contributed by atoms with Crippen LogP contribution in [0.3, 0.4) is 0 Å². The van der Waals surface area contributed by atoms with Crippen molar-refractivity contribution in [3.8, 4) is 0 Å². The Morgan fingerprint density at radius 1 is 1.47 bits per heavy atom. The van der Waals surface area contributed by atoms with Crippen LogP contribution in [0.2, 0.25) is 0 Å². The molecule has 0 aliphatic carbocycles. The van der Waals surface area contributed by atoms with Crippen molar-refractivity contribution in [2.75, 3.05) is 24.5 Å². The molecular weight excluding hydrogens is 240 g/mol.